The van der Waals surface area contributed by atoms with Crippen LogP contribution in [0.15, 0.2) is 35.9 Å². The fourth-order valence-electron chi connectivity index (χ4n) is 1.09. The highest BCUT2D eigenvalue weighted by molar-refractivity contribution is 6.42. The zero-order valence-corrected chi connectivity index (χ0v) is 10.1. The number of carbonyl (C=O) groups is 1. The summed E-state index contributed by atoms with van der Waals surface area (Å²) in [5, 5.41) is 9.49. The molecule has 0 amide bonds. The van der Waals surface area contributed by atoms with Crippen LogP contribution in [0.5, 0.6) is 0 Å². The Balaban J connectivity index is 2.84. The van der Waals surface area contributed by atoms with Crippen LogP contribution in [0.4, 0.5) is 0 Å². The lowest BCUT2D eigenvalue weighted by molar-refractivity contribution is -0.131. The predicted octanol–water partition coefficient (Wildman–Crippen LogP) is 4.04. The van der Waals surface area contributed by atoms with Crippen LogP contribution in [-0.2, 0) is 4.79 Å². The Hall–Kier alpha value is -1.25. The second-order valence-corrected chi connectivity index (χ2v) is 4.05. The van der Waals surface area contributed by atoms with Crippen molar-refractivity contribution in [2.45, 2.75) is 6.92 Å². The minimum atomic E-state index is -0.962. The van der Waals surface area contributed by atoms with Crippen molar-refractivity contribution >= 4 is 35.2 Å². The third-order valence-corrected chi connectivity index (χ3v) is 2.57. The standard InChI is InChI=1S/C12H10Cl2O2/c1-8(6-12(15)16)2-3-9-4-5-10(13)11(14)7-9/h2-7H,1H3,(H,15,16)/b3-2+,8-6-. The lowest BCUT2D eigenvalue weighted by atomic mass is 10.1. The molecule has 0 bridgehead atoms. The van der Waals surface area contributed by atoms with Gasteiger partial charge in [-0.3, -0.25) is 0 Å². The van der Waals surface area contributed by atoms with Gasteiger partial charge in [-0.25, -0.2) is 4.79 Å². The van der Waals surface area contributed by atoms with Crippen LogP contribution in [-0.4, -0.2) is 11.1 Å². The van der Waals surface area contributed by atoms with Gasteiger partial charge in [0, 0.05) is 6.08 Å². The number of aliphatic carboxylic acids is 1. The summed E-state index contributed by atoms with van der Waals surface area (Å²) in [6.45, 7) is 1.71. The van der Waals surface area contributed by atoms with Gasteiger partial charge in [0.2, 0.25) is 0 Å². The van der Waals surface area contributed by atoms with Crippen molar-refractivity contribution < 1.29 is 9.90 Å². The van der Waals surface area contributed by atoms with E-state index in [9.17, 15) is 4.79 Å². The van der Waals surface area contributed by atoms with Crippen LogP contribution in [0, 0.1) is 0 Å². The molecule has 0 heterocycles. The van der Waals surface area contributed by atoms with E-state index < -0.39 is 5.97 Å². The molecule has 1 rings (SSSR count). The summed E-state index contributed by atoms with van der Waals surface area (Å²) >= 11 is 11.6. The van der Waals surface area contributed by atoms with Gasteiger partial charge in [0.1, 0.15) is 0 Å². The fraction of sp³-hybridized carbons (Fsp3) is 0.0833. The van der Waals surface area contributed by atoms with Gasteiger partial charge in [0.15, 0.2) is 0 Å². The number of allylic oxidation sites excluding steroid dienone is 2. The molecule has 0 aliphatic rings. The summed E-state index contributed by atoms with van der Waals surface area (Å²) in [6, 6.07) is 5.22. The van der Waals surface area contributed by atoms with Crippen molar-refractivity contribution in [3.63, 3.8) is 0 Å². The number of carboxylic acids is 1. The first-order valence-electron chi connectivity index (χ1n) is 4.53. The topological polar surface area (TPSA) is 37.3 Å². The highest BCUT2D eigenvalue weighted by atomic mass is 35.5. The van der Waals surface area contributed by atoms with Crippen molar-refractivity contribution in [1.29, 1.82) is 0 Å². The number of halogens is 2. The van der Waals surface area contributed by atoms with Gasteiger partial charge < -0.3 is 5.11 Å². The van der Waals surface area contributed by atoms with E-state index in [1.807, 2.05) is 0 Å². The second-order valence-electron chi connectivity index (χ2n) is 3.23. The molecular weight excluding hydrogens is 247 g/mol. The summed E-state index contributed by atoms with van der Waals surface area (Å²) in [5.74, 6) is -0.962. The molecule has 0 aliphatic heterocycles. The van der Waals surface area contributed by atoms with Crippen LogP contribution in [0.1, 0.15) is 12.5 Å². The normalized spacial score (nSPS) is 12.1. The SMILES string of the molecule is CC(=C/C(=O)O)/C=C/c1ccc(Cl)c(Cl)c1. The predicted molar refractivity (Wildman–Crippen MR) is 66.9 cm³/mol. The van der Waals surface area contributed by atoms with Crippen LogP contribution < -0.4 is 0 Å². The van der Waals surface area contributed by atoms with Gasteiger partial charge in [-0.1, -0.05) is 41.4 Å². The molecule has 84 valence electrons. The minimum Gasteiger partial charge on any atom is -0.478 e. The molecule has 4 heteroatoms. The molecule has 0 atom stereocenters. The number of hydrogen-bond donors (Lipinski definition) is 1. The Kier molecular flexibility index (Phi) is 4.59. The number of hydrogen-bond acceptors (Lipinski definition) is 1. The smallest absolute Gasteiger partial charge is 0.328 e. The maximum absolute atomic E-state index is 10.4. The second kappa shape index (κ2) is 5.73. The lowest BCUT2D eigenvalue weighted by Crippen LogP contribution is -1.87. The van der Waals surface area contributed by atoms with Gasteiger partial charge >= 0.3 is 5.97 Å². The van der Waals surface area contributed by atoms with Gasteiger partial charge in [0.25, 0.3) is 0 Å². The third-order valence-electron chi connectivity index (χ3n) is 1.83. The first kappa shape index (κ1) is 12.8. The maximum atomic E-state index is 10.4. The zero-order chi connectivity index (χ0) is 12.1. The lowest BCUT2D eigenvalue weighted by Gasteiger charge is -1.97. The molecule has 0 radical (unpaired) electrons. The van der Waals surface area contributed by atoms with E-state index in [0.717, 1.165) is 11.6 Å². The zero-order valence-electron chi connectivity index (χ0n) is 8.58. The molecule has 1 N–H and O–H groups in total. The molecule has 0 aromatic heterocycles. The Labute approximate surface area is 104 Å². The molecule has 0 unspecified atom stereocenters. The first-order chi connectivity index (χ1) is 7.49. The van der Waals surface area contributed by atoms with Gasteiger partial charge in [-0.2, -0.15) is 0 Å². The van der Waals surface area contributed by atoms with Crippen molar-refractivity contribution in [1.82, 2.24) is 0 Å². The minimum absolute atomic E-state index is 0.476. The van der Waals surface area contributed by atoms with Crippen molar-refractivity contribution in [3.8, 4) is 0 Å². The fourth-order valence-corrected chi connectivity index (χ4v) is 1.39. The van der Waals surface area contributed by atoms with Gasteiger partial charge in [-0.15, -0.1) is 0 Å². The van der Waals surface area contributed by atoms with Crippen LogP contribution >= 0.6 is 23.2 Å². The summed E-state index contributed by atoms with van der Waals surface area (Å²) in [7, 11) is 0. The molecule has 0 spiro atoms. The van der Waals surface area contributed by atoms with E-state index in [-0.39, 0.29) is 0 Å². The summed E-state index contributed by atoms with van der Waals surface area (Å²) in [4.78, 5) is 10.4. The van der Waals surface area contributed by atoms with Gasteiger partial charge in [0.05, 0.1) is 10.0 Å². The highest BCUT2D eigenvalue weighted by Gasteiger charge is 1.96. The van der Waals surface area contributed by atoms with Crippen LogP contribution in [0.3, 0.4) is 0 Å². The molecule has 2 nitrogen and oxygen atoms in total. The van der Waals surface area contributed by atoms with E-state index in [2.05, 4.69) is 0 Å². The van der Waals surface area contributed by atoms with E-state index in [1.165, 1.54) is 0 Å². The van der Waals surface area contributed by atoms with E-state index >= 15 is 0 Å². The highest BCUT2D eigenvalue weighted by Crippen LogP contribution is 2.23. The Bertz CT molecular complexity index is 462. The first-order valence-corrected chi connectivity index (χ1v) is 5.29. The van der Waals surface area contributed by atoms with E-state index in [1.54, 1.807) is 37.3 Å². The Morgan fingerprint density at radius 3 is 2.56 bits per heavy atom. The van der Waals surface area contributed by atoms with Crippen LogP contribution in [0.25, 0.3) is 6.08 Å². The monoisotopic (exact) mass is 256 g/mol. The largest absolute Gasteiger partial charge is 0.478 e. The van der Waals surface area contributed by atoms with E-state index in [4.69, 9.17) is 28.3 Å². The average Bonchev–Trinajstić information content (AvgIpc) is 2.19. The third kappa shape index (κ3) is 4.09. The molecule has 16 heavy (non-hydrogen) atoms. The van der Waals surface area contributed by atoms with Crippen LogP contribution in [0.2, 0.25) is 10.0 Å². The Morgan fingerprint density at radius 1 is 1.31 bits per heavy atom. The molecule has 1 aromatic rings. The Morgan fingerprint density at radius 2 is 2.00 bits per heavy atom. The molecular formula is C12H10Cl2O2. The molecule has 0 saturated carbocycles. The molecule has 0 fully saturated rings. The average molecular weight is 257 g/mol. The summed E-state index contributed by atoms with van der Waals surface area (Å²) in [6.07, 6.45) is 4.61. The van der Waals surface area contributed by atoms with E-state index in [0.29, 0.717) is 15.6 Å². The molecule has 1 aromatic carbocycles. The van der Waals surface area contributed by atoms with Crippen molar-refractivity contribution in [3.05, 3.63) is 51.5 Å². The summed E-state index contributed by atoms with van der Waals surface area (Å²) in [5.41, 5.74) is 1.52. The molecule has 0 aliphatic carbocycles. The quantitative estimate of drug-likeness (QED) is 0.655. The van der Waals surface area contributed by atoms with Crippen molar-refractivity contribution in [2.75, 3.05) is 0 Å². The number of rotatable bonds is 3. The summed E-state index contributed by atoms with van der Waals surface area (Å²) < 4.78 is 0. The molecule has 0 saturated heterocycles. The number of benzene rings is 1. The number of carboxylic acid groups (broad SMARTS) is 1. The van der Waals surface area contributed by atoms with Gasteiger partial charge in [-0.05, 0) is 30.2 Å². The maximum Gasteiger partial charge on any atom is 0.328 e. The van der Waals surface area contributed by atoms with Crippen molar-refractivity contribution in [2.24, 2.45) is 0 Å².